The summed E-state index contributed by atoms with van der Waals surface area (Å²) in [5.74, 6) is 0.566. The highest BCUT2D eigenvalue weighted by molar-refractivity contribution is 7.15. The summed E-state index contributed by atoms with van der Waals surface area (Å²) in [4.78, 5) is 19.7. The van der Waals surface area contributed by atoms with Gasteiger partial charge in [0.15, 0.2) is 4.96 Å². The van der Waals surface area contributed by atoms with E-state index >= 15 is 0 Å². The quantitative estimate of drug-likeness (QED) is 0.715. The number of nitrogens with one attached hydrogen (secondary N) is 1. The lowest BCUT2D eigenvalue weighted by Crippen LogP contribution is -2.53. The number of hydrogen-bond donors (Lipinski definition) is 2. The number of aryl methyl sites for hydroxylation is 2. The zero-order valence-corrected chi connectivity index (χ0v) is 15.5. The lowest BCUT2D eigenvalue weighted by Gasteiger charge is -2.36. The zero-order chi connectivity index (χ0) is 18.3. The number of carbonyl (C=O) groups is 1. The van der Waals surface area contributed by atoms with E-state index in [4.69, 9.17) is 4.52 Å². The summed E-state index contributed by atoms with van der Waals surface area (Å²) in [6.45, 7) is 5.78. The number of aliphatic hydroxyl groups is 1. The molecule has 4 rings (SSSR count). The molecule has 1 aliphatic heterocycles. The third-order valence-corrected chi connectivity index (χ3v) is 5.64. The molecule has 1 saturated heterocycles. The van der Waals surface area contributed by atoms with Crippen LogP contribution in [0.1, 0.15) is 33.9 Å². The molecule has 0 bridgehead atoms. The Kier molecular flexibility index (Phi) is 4.51. The van der Waals surface area contributed by atoms with Gasteiger partial charge in [0, 0.05) is 43.0 Å². The summed E-state index contributed by atoms with van der Waals surface area (Å²) in [6, 6.07) is -0.275. The fourth-order valence-corrected chi connectivity index (χ4v) is 4.04. The second kappa shape index (κ2) is 6.82. The molecule has 8 nitrogen and oxygen atoms in total. The molecule has 2 N–H and O–H groups in total. The topological polar surface area (TPSA) is 95.9 Å². The van der Waals surface area contributed by atoms with Gasteiger partial charge < -0.3 is 14.9 Å². The summed E-state index contributed by atoms with van der Waals surface area (Å²) in [5.41, 5.74) is 2.33. The Morgan fingerprint density at radius 1 is 1.50 bits per heavy atom. The number of imidazole rings is 1. The van der Waals surface area contributed by atoms with E-state index in [2.05, 4.69) is 20.4 Å². The maximum atomic E-state index is 12.4. The van der Waals surface area contributed by atoms with Crippen LogP contribution >= 0.6 is 11.3 Å². The Labute approximate surface area is 154 Å². The molecule has 138 valence electrons. The van der Waals surface area contributed by atoms with Crippen LogP contribution in [-0.2, 0) is 6.54 Å². The van der Waals surface area contributed by atoms with Crippen molar-refractivity contribution in [2.45, 2.75) is 39.0 Å². The van der Waals surface area contributed by atoms with Crippen molar-refractivity contribution in [3.05, 3.63) is 40.5 Å². The molecular weight excluding hydrogens is 354 g/mol. The van der Waals surface area contributed by atoms with Gasteiger partial charge in [0.2, 0.25) is 0 Å². The summed E-state index contributed by atoms with van der Waals surface area (Å²) < 4.78 is 7.02. The van der Waals surface area contributed by atoms with Gasteiger partial charge in [-0.1, -0.05) is 5.16 Å². The predicted molar refractivity (Wildman–Crippen MR) is 96.2 cm³/mol. The van der Waals surface area contributed by atoms with E-state index in [1.807, 2.05) is 29.8 Å². The number of aliphatic hydroxyl groups excluding tert-OH is 1. The number of β-amino-alcohol motifs (C(OH)–C–C–N with tert-alkyl or cyclic N) is 1. The number of fused-ring (bicyclic) bond motifs is 1. The Bertz CT molecular complexity index is 882. The predicted octanol–water partition coefficient (Wildman–Crippen LogP) is 1.37. The molecule has 1 aliphatic rings. The number of thiazole rings is 1. The van der Waals surface area contributed by atoms with E-state index in [0.29, 0.717) is 25.2 Å². The highest BCUT2D eigenvalue weighted by Crippen LogP contribution is 2.19. The third kappa shape index (κ3) is 3.25. The maximum Gasteiger partial charge on any atom is 0.271 e. The number of carbonyl (C=O) groups excluding carboxylic acids is 1. The fourth-order valence-electron chi connectivity index (χ4n) is 3.34. The van der Waals surface area contributed by atoms with E-state index in [0.717, 1.165) is 28.5 Å². The van der Waals surface area contributed by atoms with Crippen molar-refractivity contribution in [2.75, 3.05) is 13.1 Å². The van der Waals surface area contributed by atoms with Gasteiger partial charge in [0.1, 0.15) is 11.5 Å². The van der Waals surface area contributed by atoms with Crippen molar-refractivity contribution in [3.8, 4) is 0 Å². The van der Waals surface area contributed by atoms with E-state index in [9.17, 15) is 9.90 Å². The van der Waals surface area contributed by atoms with Gasteiger partial charge in [0.05, 0.1) is 17.8 Å². The second-order valence-electron chi connectivity index (χ2n) is 6.69. The fraction of sp³-hybridized carbons (Fsp3) is 0.471. The number of hydrogen-bond acceptors (Lipinski definition) is 7. The van der Waals surface area contributed by atoms with Crippen molar-refractivity contribution in [3.63, 3.8) is 0 Å². The Balaban J connectivity index is 1.36. The van der Waals surface area contributed by atoms with E-state index in [1.54, 1.807) is 6.20 Å². The summed E-state index contributed by atoms with van der Waals surface area (Å²) in [6.07, 6.45) is 3.63. The van der Waals surface area contributed by atoms with Crippen LogP contribution in [0, 0.1) is 13.8 Å². The molecule has 0 unspecified atom stereocenters. The van der Waals surface area contributed by atoms with E-state index < -0.39 is 6.10 Å². The van der Waals surface area contributed by atoms with Crippen LogP contribution in [-0.4, -0.2) is 55.7 Å². The molecule has 0 aromatic carbocycles. The van der Waals surface area contributed by atoms with Crippen LogP contribution < -0.4 is 5.32 Å². The monoisotopic (exact) mass is 375 g/mol. The standard InChI is InChI=1S/C17H21N5O3S/c1-10-12(11(2)25-20-10)7-21-4-3-13(15(23)9-21)18-16(24)14-8-22-5-6-26-17(22)19-14/h5-6,8,13,15,23H,3-4,7,9H2,1-2H3,(H,18,24)/t13-,15-/m1/s1. The normalized spacial score (nSPS) is 21.3. The number of rotatable bonds is 4. The van der Waals surface area contributed by atoms with Gasteiger partial charge in [-0.05, 0) is 20.3 Å². The van der Waals surface area contributed by atoms with Crippen molar-refractivity contribution >= 4 is 22.2 Å². The first-order valence-electron chi connectivity index (χ1n) is 8.56. The second-order valence-corrected chi connectivity index (χ2v) is 7.57. The van der Waals surface area contributed by atoms with Crippen LogP contribution in [0.15, 0.2) is 22.3 Å². The summed E-state index contributed by atoms with van der Waals surface area (Å²) in [5, 5.41) is 19.3. The Morgan fingerprint density at radius 2 is 2.35 bits per heavy atom. The molecule has 0 aliphatic carbocycles. The first-order valence-corrected chi connectivity index (χ1v) is 9.44. The Morgan fingerprint density at radius 3 is 3.04 bits per heavy atom. The largest absolute Gasteiger partial charge is 0.390 e. The van der Waals surface area contributed by atoms with Gasteiger partial charge in [-0.3, -0.25) is 14.1 Å². The molecule has 1 fully saturated rings. The van der Waals surface area contributed by atoms with E-state index in [1.165, 1.54) is 11.3 Å². The molecule has 2 atom stereocenters. The van der Waals surface area contributed by atoms with Crippen molar-refractivity contribution in [2.24, 2.45) is 0 Å². The SMILES string of the molecule is Cc1noc(C)c1CN1CC[C@@H](NC(=O)c2cn3ccsc3n2)[C@H](O)C1. The van der Waals surface area contributed by atoms with Gasteiger partial charge in [-0.2, -0.15) is 0 Å². The van der Waals surface area contributed by atoms with Gasteiger partial charge in [-0.15, -0.1) is 11.3 Å². The van der Waals surface area contributed by atoms with Crippen molar-refractivity contribution in [1.82, 2.24) is 24.8 Å². The van der Waals surface area contributed by atoms with Gasteiger partial charge in [0.25, 0.3) is 5.91 Å². The molecule has 3 aromatic rings. The molecule has 0 saturated carbocycles. The smallest absolute Gasteiger partial charge is 0.271 e. The first kappa shape index (κ1) is 17.2. The minimum absolute atomic E-state index is 0.246. The molecular formula is C17H21N5O3S. The van der Waals surface area contributed by atoms with Crippen LogP contribution in [0.5, 0.6) is 0 Å². The van der Waals surface area contributed by atoms with Crippen LogP contribution in [0.2, 0.25) is 0 Å². The minimum Gasteiger partial charge on any atom is -0.390 e. The molecule has 1 amide bonds. The number of piperidine rings is 1. The number of nitrogens with zero attached hydrogens (tertiary/aromatic N) is 4. The highest BCUT2D eigenvalue weighted by Gasteiger charge is 2.30. The Hall–Kier alpha value is -2.23. The lowest BCUT2D eigenvalue weighted by molar-refractivity contribution is 0.0346. The van der Waals surface area contributed by atoms with Crippen molar-refractivity contribution in [1.29, 1.82) is 0 Å². The van der Waals surface area contributed by atoms with Gasteiger partial charge >= 0.3 is 0 Å². The molecule has 26 heavy (non-hydrogen) atoms. The minimum atomic E-state index is -0.628. The third-order valence-electron chi connectivity index (χ3n) is 4.87. The zero-order valence-electron chi connectivity index (χ0n) is 14.7. The van der Waals surface area contributed by atoms with Crippen LogP contribution in [0.4, 0.5) is 0 Å². The highest BCUT2D eigenvalue weighted by atomic mass is 32.1. The number of amides is 1. The van der Waals surface area contributed by atoms with Gasteiger partial charge in [-0.25, -0.2) is 4.98 Å². The summed E-state index contributed by atoms with van der Waals surface area (Å²) >= 11 is 1.48. The van der Waals surface area contributed by atoms with E-state index in [-0.39, 0.29) is 11.9 Å². The maximum absolute atomic E-state index is 12.4. The average molecular weight is 375 g/mol. The van der Waals surface area contributed by atoms with Crippen molar-refractivity contribution < 1.29 is 14.4 Å². The first-order chi connectivity index (χ1) is 12.5. The van der Waals surface area contributed by atoms with Crippen LogP contribution in [0.25, 0.3) is 4.96 Å². The molecule has 0 spiro atoms. The molecule has 3 aromatic heterocycles. The lowest BCUT2D eigenvalue weighted by atomic mass is 10.0. The molecule has 4 heterocycles. The number of aromatic nitrogens is 3. The molecule has 0 radical (unpaired) electrons. The average Bonchev–Trinajstić information content (AvgIpc) is 3.28. The summed E-state index contributed by atoms with van der Waals surface area (Å²) in [7, 11) is 0. The van der Waals surface area contributed by atoms with Crippen LogP contribution in [0.3, 0.4) is 0 Å². The number of likely N-dealkylation sites (tertiary alicyclic amines) is 1. The molecule has 9 heteroatoms.